The summed E-state index contributed by atoms with van der Waals surface area (Å²) in [7, 11) is 0. The quantitative estimate of drug-likeness (QED) is 0.174. The summed E-state index contributed by atoms with van der Waals surface area (Å²) in [5.74, 6) is 1.61. The van der Waals surface area contributed by atoms with Crippen LogP contribution in [0.2, 0.25) is 0 Å². The van der Waals surface area contributed by atoms with Crippen molar-refractivity contribution in [3.63, 3.8) is 0 Å². The highest BCUT2D eigenvalue weighted by molar-refractivity contribution is 5.53. The Balaban J connectivity index is 1.22. The van der Waals surface area contributed by atoms with Crippen LogP contribution in [-0.4, -0.2) is 85.1 Å². The fourth-order valence-electron chi connectivity index (χ4n) is 7.96. The highest BCUT2D eigenvalue weighted by Gasteiger charge is 2.38. The summed E-state index contributed by atoms with van der Waals surface area (Å²) < 4.78 is 0. The third-order valence-corrected chi connectivity index (χ3v) is 10.6. The van der Waals surface area contributed by atoms with E-state index in [1.54, 1.807) is 0 Å². The third kappa shape index (κ3) is 10.5. The van der Waals surface area contributed by atoms with Gasteiger partial charge >= 0.3 is 0 Å². The summed E-state index contributed by atoms with van der Waals surface area (Å²) in [6.45, 7) is 11.9. The van der Waals surface area contributed by atoms with E-state index in [2.05, 4.69) is 102 Å². The summed E-state index contributed by atoms with van der Waals surface area (Å²) in [4.78, 5) is 2.64. The number of piperidine rings is 1. The van der Waals surface area contributed by atoms with Crippen molar-refractivity contribution in [3.05, 3.63) is 65.7 Å². The van der Waals surface area contributed by atoms with E-state index >= 15 is 0 Å². The number of likely N-dealkylation sites (tertiary alicyclic amines) is 1. The van der Waals surface area contributed by atoms with Crippen LogP contribution in [0.1, 0.15) is 76.8 Å². The second-order valence-corrected chi connectivity index (χ2v) is 15.3. The standard InChI is InChI=1S/C38H62N6O/c1-38(2,3)42-25-34-22-30-14-7-8-15-31(30)26-44(34)27-37(45)36(21-28-11-5-4-6-12-28)41-23-32(19-20-39)40-24-33-18-17-29-13-9-10-16-35(29)43-33/h4-6,9-13,16,30-34,36-37,40-43,45H,7-8,14-15,17-27,39H2,1-3H3/t30?,31?,32-,33?,34-,36-,37+/m0/s1. The number of aryl methyl sites for hydroxylation is 1. The largest absolute Gasteiger partial charge is 0.390 e. The molecule has 0 aromatic heterocycles. The third-order valence-electron chi connectivity index (χ3n) is 10.6. The van der Waals surface area contributed by atoms with E-state index in [4.69, 9.17) is 5.73 Å². The van der Waals surface area contributed by atoms with Gasteiger partial charge in [0.25, 0.3) is 0 Å². The number of hydrogen-bond acceptors (Lipinski definition) is 7. The number of aliphatic hydroxyl groups is 1. The Morgan fingerprint density at radius 1 is 0.956 bits per heavy atom. The van der Waals surface area contributed by atoms with E-state index in [0.29, 0.717) is 25.2 Å². The fraction of sp³-hybridized carbons (Fsp3) is 0.684. The molecule has 3 unspecified atom stereocenters. The van der Waals surface area contributed by atoms with Gasteiger partial charge in [-0.3, -0.25) is 4.90 Å². The number of aliphatic hydroxyl groups excluding tert-OH is 1. The maximum atomic E-state index is 12.0. The molecular formula is C38H62N6O. The van der Waals surface area contributed by atoms with Crippen LogP contribution in [0.25, 0.3) is 0 Å². The topological polar surface area (TPSA) is 97.6 Å². The highest BCUT2D eigenvalue weighted by atomic mass is 16.3. The minimum absolute atomic E-state index is 0.0329. The van der Waals surface area contributed by atoms with Gasteiger partial charge < -0.3 is 32.1 Å². The van der Waals surface area contributed by atoms with Crippen molar-refractivity contribution >= 4 is 5.69 Å². The van der Waals surface area contributed by atoms with E-state index in [1.165, 1.54) is 48.9 Å². The first-order chi connectivity index (χ1) is 21.8. The van der Waals surface area contributed by atoms with Crippen LogP contribution in [0, 0.1) is 11.8 Å². The molecule has 1 aliphatic carbocycles. The van der Waals surface area contributed by atoms with Crippen molar-refractivity contribution in [2.24, 2.45) is 17.6 Å². The zero-order chi connectivity index (χ0) is 31.6. The lowest BCUT2D eigenvalue weighted by Crippen LogP contribution is -2.58. The second-order valence-electron chi connectivity index (χ2n) is 15.3. The first-order valence-electron chi connectivity index (χ1n) is 18.0. The molecular weight excluding hydrogens is 556 g/mol. The number of para-hydroxylation sites is 1. The fourth-order valence-corrected chi connectivity index (χ4v) is 7.96. The Bertz CT molecular complexity index is 1140. The molecule has 2 aromatic carbocycles. The molecule has 2 aromatic rings. The molecule has 0 radical (unpaired) electrons. The number of fused-ring (bicyclic) bond motifs is 2. The van der Waals surface area contributed by atoms with Gasteiger partial charge in [0.1, 0.15) is 0 Å². The van der Waals surface area contributed by atoms with Crippen LogP contribution >= 0.6 is 0 Å². The van der Waals surface area contributed by atoms with E-state index in [-0.39, 0.29) is 17.6 Å². The molecule has 7 atom stereocenters. The summed E-state index contributed by atoms with van der Waals surface area (Å²) in [5, 5.41) is 27.2. The van der Waals surface area contributed by atoms with Crippen LogP contribution in [0.15, 0.2) is 54.6 Å². The average Bonchev–Trinajstić information content (AvgIpc) is 3.04. The molecule has 3 aliphatic rings. The zero-order valence-electron chi connectivity index (χ0n) is 28.3. The molecule has 7 N–H and O–H groups in total. The Morgan fingerprint density at radius 3 is 2.49 bits per heavy atom. The molecule has 45 heavy (non-hydrogen) atoms. The maximum Gasteiger partial charge on any atom is 0.0823 e. The van der Waals surface area contributed by atoms with Crippen LogP contribution in [0.5, 0.6) is 0 Å². The van der Waals surface area contributed by atoms with Crippen molar-refractivity contribution in [3.8, 4) is 0 Å². The number of hydrogen-bond donors (Lipinski definition) is 6. The van der Waals surface area contributed by atoms with Crippen LogP contribution in [0.4, 0.5) is 5.69 Å². The summed E-state index contributed by atoms with van der Waals surface area (Å²) in [6, 6.07) is 20.4. The number of anilines is 1. The minimum Gasteiger partial charge on any atom is -0.390 e. The van der Waals surface area contributed by atoms with Gasteiger partial charge in [0.2, 0.25) is 0 Å². The average molecular weight is 619 g/mol. The van der Waals surface area contributed by atoms with Gasteiger partial charge in [-0.25, -0.2) is 0 Å². The Hall–Kier alpha value is -2.00. The lowest BCUT2D eigenvalue weighted by Gasteiger charge is -2.48. The molecule has 250 valence electrons. The lowest BCUT2D eigenvalue weighted by molar-refractivity contribution is -0.00361. The van der Waals surface area contributed by atoms with Crippen molar-refractivity contribution in [2.75, 3.05) is 44.6 Å². The molecule has 0 bridgehead atoms. The van der Waals surface area contributed by atoms with Gasteiger partial charge in [-0.05, 0) is 94.9 Å². The maximum absolute atomic E-state index is 12.0. The Labute approximate surface area is 273 Å². The minimum atomic E-state index is -0.461. The summed E-state index contributed by atoms with van der Waals surface area (Å²) >= 11 is 0. The Kier molecular flexibility index (Phi) is 12.8. The van der Waals surface area contributed by atoms with E-state index in [0.717, 1.165) is 63.7 Å². The van der Waals surface area contributed by atoms with E-state index in [1.807, 2.05) is 0 Å². The van der Waals surface area contributed by atoms with Crippen molar-refractivity contribution in [2.45, 2.75) is 114 Å². The van der Waals surface area contributed by atoms with Crippen LogP contribution < -0.4 is 27.0 Å². The van der Waals surface area contributed by atoms with E-state index in [9.17, 15) is 5.11 Å². The number of nitrogens with two attached hydrogens (primary N) is 1. The number of nitrogens with zero attached hydrogens (tertiary/aromatic N) is 1. The van der Waals surface area contributed by atoms with Gasteiger partial charge in [0.15, 0.2) is 0 Å². The normalized spacial score (nSPS) is 25.9. The van der Waals surface area contributed by atoms with Gasteiger partial charge in [0, 0.05) is 68.1 Å². The van der Waals surface area contributed by atoms with Crippen molar-refractivity contribution in [1.82, 2.24) is 20.9 Å². The molecule has 5 rings (SSSR count). The van der Waals surface area contributed by atoms with Gasteiger partial charge in [-0.2, -0.15) is 0 Å². The molecule has 1 saturated carbocycles. The SMILES string of the molecule is CC(C)(C)NC[C@@H]1CC2CCCCC2CN1C[C@@H](O)[C@H](Cc1ccccc1)NC[C@H](CCN)NCC1CCc2ccccc2N1. The van der Waals surface area contributed by atoms with Gasteiger partial charge in [-0.1, -0.05) is 67.8 Å². The predicted molar refractivity (Wildman–Crippen MR) is 189 cm³/mol. The number of β-amino-alcohol motifs (C(OH)–C–C–N with tert-alkyl or cyclic N) is 1. The highest BCUT2D eigenvalue weighted by Crippen LogP contribution is 2.38. The Morgan fingerprint density at radius 2 is 1.71 bits per heavy atom. The molecule has 0 spiro atoms. The van der Waals surface area contributed by atoms with Crippen molar-refractivity contribution < 1.29 is 5.11 Å². The molecule has 2 fully saturated rings. The smallest absolute Gasteiger partial charge is 0.0823 e. The lowest BCUT2D eigenvalue weighted by atomic mass is 9.72. The molecule has 0 amide bonds. The first-order valence-corrected chi connectivity index (χ1v) is 18.0. The molecule has 7 heteroatoms. The number of nitrogens with one attached hydrogen (secondary N) is 4. The molecule has 7 nitrogen and oxygen atoms in total. The first kappa shape index (κ1) is 34.3. The van der Waals surface area contributed by atoms with Gasteiger partial charge in [0.05, 0.1) is 6.10 Å². The predicted octanol–water partition coefficient (Wildman–Crippen LogP) is 4.55. The van der Waals surface area contributed by atoms with Crippen LogP contribution in [0.3, 0.4) is 0 Å². The molecule has 1 saturated heterocycles. The summed E-state index contributed by atoms with van der Waals surface area (Å²) in [6.07, 6.45) is 10.2. The van der Waals surface area contributed by atoms with E-state index < -0.39 is 6.10 Å². The molecule has 2 heterocycles. The summed E-state index contributed by atoms with van der Waals surface area (Å²) in [5.41, 5.74) is 10.1. The molecule has 2 aliphatic heterocycles. The number of rotatable bonds is 15. The van der Waals surface area contributed by atoms with Crippen LogP contribution in [-0.2, 0) is 12.8 Å². The zero-order valence-corrected chi connectivity index (χ0v) is 28.3. The second kappa shape index (κ2) is 16.7. The number of benzene rings is 2. The van der Waals surface area contributed by atoms with Crippen molar-refractivity contribution in [1.29, 1.82) is 0 Å². The van der Waals surface area contributed by atoms with Gasteiger partial charge in [-0.15, -0.1) is 0 Å². The monoisotopic (exact) mass is 618 g/mol.